The summed E-state index contributed by atoms with van der Waals surface area (Å²) in [5, 5.41) is 1.24. The Morgan fingerprint density at radius 2 is 1.85 bits per heavy atom. The van der Waals surface area contributed by atoms with E-state index < -0.39 is 11.5 Å². The summed E-state index contributed by atoms with van der Waals surface area (Å²) in [5.41, 5.74) is 0.552. The Morgan fingerprint density at radius 3 is 2.58 bits per heavy atom. The number of rotatable bonds is 8. The Balaban J connectivity index is 0.00000306. The minimum Gasteiger partial charge on any atom is -0.497 e. The van der Waals surface area contributed by atoms with E-state index in [-0.39, 0.29) is 18.0 Å². The fraction of sp³-hybridized carbons (Fsp3) is 0.292. The van der Waals surface area contributed by atoms with Gasteiger partial charge in [-0.1, -0.05) is 43.4 Å². The summed E-state index contributed by atoms with van der Waals surface area (Å²) in [6.45, 7) is 6.97. The molecular weight excluding hydrogens is 462 g/mol. The van der Waals surface area contributed by atoms with Crippen LogP contribution in [0.3, 0.4) is 0 Å². The van der Waals surface area contributed by atoms with Crippen LogP contribution in [0.15, 0.2) is 57.7 Å². The van der Waals surface area contributed by atoms with Crippen molar-refractivity contribution in [2.24, 2.45) is 0 Å². The molecule has 2 aromatic heterocycles. The average Bonchev–Trinajstić information content (AvgIpc) is 3.24. The standard InChI is InChI=1S/C24H25N3O4S.ClH/c1-4-26(5-2)12-13-27(24-25-19-15-17(30-3)10-11-21(19)32-24)22(28)18-14-16-8-6-7-9-20(16)31-23(18)29;/h6-11,14-15H,4-5,12-13H2,1-3H3;1H. The number of halogens is 1. The van der Waals surface area contributed by atoms with Crippen LogP contribution in [0.5, 0.6) is 5.75 Å². The maximum Gasteiger partial charge on any atom is 0.349 e. The number of aromatic nitrogens is 1. The number of fused-ring (bicyclic) bond motifs is 2. The van der Waals surface area contributed by atoms with Crippen molar-refractivity contribution < 1.29 is 13.9 Å². The highest BCUT2D eigenvalue weighted by molar-refractivity contribution is 7.22. The van der Waals surface area contributed by atoms with Gasteiger partial charge in [-0.05, 0) is 37.4 Å². The molecule has 7 nitrogen and oxygen atoms in total. The van der Waals surface area contributed by atoms with Gasteiger partial charge in [0, 0.05) is 24.5 Å². The third-order valence-corrected chi connectivity index (χ3v) is 6.52. The van der Waals surface area contributed by atoms with E-state index in [0.29, 0.717) is 34.9 Å². The number of benzene rings is 2. The Bertz CT molecular complexity index is 1320. The van der Waals surface area contributed by atoms with E-state index in [1.807, 2.05) is 30.3 Å². The van der Waals surface area contributed by atoms with Crippen LogP contribution in [-0.2, 0) is 0 Å². The van der Waals surface area contributed by atoms with Crippen LogP contribution in [0.4, 0.5) is 5.13 Å². The minimum atomic E-state index is -0.649. The van der Waals surface area contributed by atoms with E-state index in [2.05, 4.69) is 23.7 Å². The first-order valence-electron chi connectivity index (χ1n) is 10.6. The van der Waals surface area contributed by atoms with E-state index in [9.17, 15) is 9.59 Å². The van der Waals surface area contributed by atoms with Crippen LogP contribution >= 0.6 is 23.7 Å². The van der Waals surface area contributed by atoms with Crippen molar-refractivity contribution in [1.82, 2.24) is 9.88 Å². The van der Waals surface area contributed by atoms with E-state index in [0.717, 1.165) is 23.3 Å². The highest BCUT2D eigenvalue weighted by atomic mass is 35.5. The number of hydrogen-bond acceptors (Lipinski definition) is 7. The highest BCUT2D eigenvalue weighted by Crippen LogP contribution is 2.32. The molecule has 0 bridgehead atoms. The fourth-order valence-corrected chi connectivity index (χ4v) is 4.53. The molecule has 2 aromatic carbocycles. The van der Waals surface area contributed by atoms with Crippen LogP contribution in [0.1, 0.15) is 24.2 Å². The molecule has 2 heterocycles. The number of carbonyl (C=O) groups excluding carboxylic acids is 1. The number of methoxy groups -OCH3 is 1. The van der Waals surface area contributed by atoms with Crippen LogP contribution in [-0.4, -0.2) is 49.1 Å². The Labute approximate surface area is 202 Å². The predicted molar refractivity (Wildman–Crippen MR) is 135 cm³/mol. The number of hydrogen-bond donors (Lipinski definition) is 0. The number of para-hydroxylation sites is 1. The molecule has 0 saturated carbocycles. The normalized spacial score (nSPS) is 11.0. The van der Waals surface area contributed by atoms with Gasteiger partial charge in [-0.15, -0.1) is 12.4 Å². The Hall–Kier alpha value is -2.94. The van der Waals surface area contributed by atoms with Crippen molar-refractivity contribution in [3.05, 3.63) is 64.5 Å². The van der Waals surface area contributed by atoms with Crippen LogP contribution in [0.2, 0.25) is 0 Å². The summed E-state index contributed by atoms with van der Waals surface area (Å²) in [6.07, 6.45) is 0. The second kappa shape index (κ2) is 10.8. The molecule has 4 aromatic rings. The third-order valence-electron chi connectivity index (χ3n) is 5.47. The first-order valence-corrected chi connectivity index (χ1v) is 11.4. The SMILES string of the molecule is CCN(CC)CCN(C(=O)c1cc2ccccc2oc1=O)c1nc2cc(OC)ccc2s1.Cl. The van der Waals surface area contributed by atoms with Crippen LogP contribution in [0.25, 0.3) is 21.2 Å². The van der Waals surface area contributed by atoms with Gasteiger partial charge in [0.15, 0.2) is 5.13 Å². The van der Waals surface area contributed by atoms with Crippen LogP contribution in [0, 0.1) is 0 Å². The van der Waals surface area contributed by atoms with E-state index >= 15 is 0 Å². The highest BCUT2D eigenvalue weighted by Gasteiger charge is 2.25. The van der Waals surface area contributed by atoms with Gasteiger partial charge in [-0.3, -0.25) is 9.69 Å². The second-order valence-corrected chi connectivity index (χ2v) is 8.31. The molecule has 0 unspecified atom stereocenters. The first-order chi connectivity index (χ1) is 15.5. The van der Waals surface area contributed by atoms with Crippen molar-refractivity contribution in [2.45, 2.75) is 13.8 Å². The average molecular weight is 488 g/mol. The minimum absolute atomic E-state index is 0. The molecular formula is C24H26ClN3O4S. The van der Waals surface area contributed by atoms with Crippen molar-refractivity contribution in [3.8, 4) is 5.75 Å². The molecule has 1 amide bonds. The Kier molecular flexibility index (Phi) is 8.07. The zero-order valence-corrected chi connectivity index (χ0v) is 20.4. The van der Waals surface area contributed by atoms with Gasteiger partial charge in [0.25, 0.3) is 5.91 Å². The summed E-state index contributed by atoms with van der Waals surface area (Å²) >= 11 is 1.41. The first kappa shape index (κ1) is 24.7. The number of carbonyl (C=O) groups is 1. The second-order valence-electron chi connectivity index (χ2n) is 7.30. The summed E-state index contributed by atoms with van der Waals surface area (Å²) in [4.78, 5) is 34.7. The molecule has 0 aliphatic heterocycles. The van der Waals surface area contributed by atoms with Crippen molar-refractivity contribution >= 4 is 56.0 Å². The topological polar surface area (TPSA) is 75.9 Å². The number of likely N-dealkylation sites (N-methyl/N-ethyl adjacent to an activating group) is 1. The number of nitrogens with zero attached hydrogens (tertiary/aromatic N) is 3. The molecule has 174 valence electrons. The Morgan fingerprint density at radius 1 is 1.09 bits per heavy atom. The van der Waals surface area contributed by atoms with E-state index in [4.69, 9.17) is 9.15 Å². The molecule has 33 heavy (non-hydrogen) atoms. The quantitative estimate of drug-likeness (QED) is 0.331. The van der Waals surface area contributed by atoms with Gasteiger partial charge in [0.2, 0.25) is 0 Å². The van der Waals surface area contributed by atoms with Gasteiger partial charge in [0.05, 0.1) is 17.3 Å². The lowest BCUT2D eigenvalue weighted by atomic mass is 10.1. The third kappa shape index (κ3) is 5.19. The van der Waals surface area contributed by atoms with Gasteiger partial charge in [-0.2, -0.15) is 0 Å². The maximum atomic E-state index is 13.6. The number of thiazole rings is 1. The number of anilines is 1. The number of ether oxygens (including phenoxy) is 1. The lowest BCUT2D eigenvalue weighted by molar-refractivity contribution is 0.0980. The lowest BCUT2D eigenvalue weighted by Gasteiger charge is -2.24. The van der Waals surface area contributed by atoms with Crippen molar-refractivity contribution in [3.63, 3.8) is 0 Å². The monoisotopic (exact) mass is 487 g/mol. The molecule has 0 radical (unpaired) electrons. The van der Waals surface area contributed by atoms with Gasteiger partial charge in [-0.25, -0.2) is 9.78 Å². The largest absolute Gasteiger partial charge is 0.497 e. The molecule has 0 fully saturated rings. The summed E-state index contributed by atoms with van der Waals surface area (Å²) in [7, 11) is 1.60. The molecule has 0 N–H and O–H groups in total. The lowest BCUT2D eigenvalue weighted by Crippen LogP contribution is -2.40. The fourth-order valence-electron chi connectivity index (χ4n) is 3.56. The van der Waals surface area contributed by atoms with Gasteiger partial charge >= 0.3 is 5.63 Å². The van der Waals surface area contributed by atoms with Crippen LogP contribution < -0.4 is 15.3 Å². The van der Waals surface area contributed by atoms with E-state index in [1.165, 1.54) is 11.3 Å². The molecule has 9 heteroatoms. The zero-order chi connectivity index (χ0) is 22.7. The molecule has 4 rings (SSSR count). The maximum absolute atomic E-state index is 13.6. The van der Waals surface area contributed by atoms with Crippen molar-refractivity contribution in [2.75, 3.05) is 38.2 Å². The molecule has 0 saturated heterocycles. The molecule has 0 aliphatic rings. The summed E-state index contributed by atoms with van der Waals surface area (Å²) < 4.78 is 11.6. The zero-order valence-electron chi connectivity index (χ0n) is 18.7. The molecule has 0 atom stereocenters. The van der Waals surface area contributed by atoms with Gasteiger partial charge < -0.3 is 14.1 Å². The molecule has 0 aliphatic carbocycles. The van der Waals surface area contributed by atoms with Crippen molar-refractivity contribution in [1.29, 1.82) is 0 Å². The number of amides is 1. The smallest absolute Gasteiger partial charge is 0.349 e. The predicted octanol–water partition coefficient (Wildman–Crippen LogP) is 4.82. The molecule has 0 spiro atoms. The van der Waals surface area contributed by atoms with Gasteiger partial charge in [0.1, 0.15) is 16.9 Å². The summed E-state index contributed by atoms with van der Waals surface area (Å²) in [5.74, 6) is 0.285. The summed E-state index contributed by atoms with van der Waals surface area (Å²) in [6, 6.07) is 14.4. The van der Waals surface area contributed by atoms with E-state index in [1.54, 1.807) is 30.2 Å².